The van der Waals surface area contributed by atoms with E-state index >= 15 is 0 Å². The lowest BCUT2D eigenvalue weighted by atomic mass is 9.92. The molecule has 0 heterocycles. The van der Waals surface area contributed by atoms with E-state index in [0.29, 0.717) is 5.38 Å². The fourth-order valence-electron chi connectivity index (χ4n) is 1.50. The second-order valence-electron chi connectivity index (χ2n) is 3.87. The van der Waals surface area contributed by atoms with Gasteiger partial charge in [0.05, 0.1) is 0 Å². The van der Waals surface area contributed by atoms with Gasteiger partial charge < -0.3 is 0 Å². The molecule has 0 amide bonds. The first-order valence-electron chi connectivity index (χ1n) is 4.70. The highest BCUT2D eigenvalue weighted by atomic mass is 35.5. The van der Waals surface area contributed by atoms with Crippen LogP contribution in [-0.2, 0) is 0 Å². The molecule has 0 N–H and O–H groups in total. The SMILES string of the molecule is CCC(C)CC(C)CC(C)Cl. The predicted molar refractivity (Wildman–Crippen MR) is 53.2 cm³/mol. The second kappa shape index (κ2) is 5.88. The van der Waals surface area contributed by atoms with E-state index in [1.807, 2.05) is 0 Å². The molecule has 0 aliphatic heterocycles. The summed E-state index contributed by atoms with van der Waals surface area (Å²) in [4.78, 5) is 0. The van der Waals surface area contributed by atoms with E-state index in [1.54, 1.807) is 0 Å². The summed E-state index contributed by atoms with van der Waals surface area (Å²) in [5, 5.41) is 0.342. The van der Waals surface area contributed by atoms with Gasteiger partial charge in [0.25, 0.3) is 0 Å². The Labute approximate surface area is 76.3 Å². The monoisotopic (exact) mass is 176 g/mol. The van der Waals surface area contributed by atoms with Gasteiger partial charge in [0.15, 0.2) is 0 Å². The third kappa shape index (κ3) is 6.68. The van der Waals surface area contributed by atoms with Crippen LogP contribution in [0.15, 0.2) is 0 Å². The Morgan fingerprint density at radius 2 is 1.55 bits per heavy atom. The number of rotatable bonds is 5. The molecule has 0 saturated carbocycles. The summed E-state index contributed by atoms with van der Waals surface area (Å²) in [5.74, 6) is 1.65. The average Bonchev–Trinajstić information content (AvgIpc) is 1.85. The van der Waals surface area contributed by atoms with Crippen molar-refractivity contribution in [3.8, 4) is 0 Å². The molecule has 0 fully saturated rings. The van der Waals surface area contributed by atoms with Crippen molar-refractivity contribution in [3.05, 3.63) is 0 Å². The second-order valence-corrected chi connectivity index (χ2v) is 4.62. The van der Waals surface area contributed by atoms with E-state index < -0.39 is 0 Å². The van der Waals surface area contributed by atoms with Crippen molar-refractivity contribution in [3.63, 3.8) is 0 Å². The number of hydrogen-bond donors (Lipinski definition) is 0. The first kappa shape index (κ1) is 11.3. The van der Waals surface area contributed by atoms with Crippen LogP contribution in [0.1, 0.15) is 47.0 Å². The summed E-state index contributed by atoms with van der Waals surface area (Å²) in [7, 11) is 0. The van der Waals surface area contributed by atoms with Crippen molar-refractivity contribution >= 4 is 11.6 Å². The molecule has 3 unspecified atom stereocenters. The van der Waals surface area contributed by atoms with E-state index in [9.17, 15) is 0 Å². The lowest BCUT2D eigenvalue weighted by Crippen LogP contribution is -2.06. The van der Waals surface area contributed by atoms with Crippen LogP contribution in [0.4, 0.5) is 0 Å². The zero-order valence-electron chi connectivity index (χ0n) is 8.23. The first-order valence-corrected chi connectivity index (χ1v) is 5.14. The first-order chi connectivity index (χ1) is 5.06. The molecular formula is C10H21Cl. The van der Waals surface area contributed by atoms with Gasteiger partial charge >= 0.3 is 0 Å². The Morgan fingerprint density at radius 1 is 1.00 bits per heavy atom. The van der Waals surface area contributed by atoms with Crippen LogP contribution in [0.2, 0.25) is 0 Å². The maximum Gasteiger partial charge on any atom is 0.0310 e. The molecule has 0 aromatic rings. The van der Waals surface area contributed by atoms with Gasteiger partial charge in [0.1, 0.15) is 0 Å². The van der Waals surface area contributed by atoms with Gasteiger partial charge in [-0.15, -0.1) is 11.6 Å². The molecule has 0 aromatic heterocycles. The molecule has 11 heavy (non-hydrogen) atoms. The Morgan fingerprint density at radius 3 is 1.91 bits per heavy atom. The predicted octanol–water partition coefficient (Wildman–Crippen LogP) is 4.08. The van der Waals surface area contributed by atoms with Gasteiger partial charge in [-0.1, -0.05) is 27.2 Å². The minimum atomic E-state index is 0.342. The van der Waals surface area contributed by atoms with Gasteiger partial charge in [-0.3, -0.25) is 0 Å². The van der Waals surface area contributed by atoms with Crippen molar-refractivity contribution in [2.45, 2.75) is 52.3 Å². The molecular weight excluding hydrogens is 156 g/mol. The van der Waals surface area contributed by atoms with Crippen LogP contribution >= 0.6 is 11.6 Å². The summed E-state index contributed by atoms with van der Waals surface area (Å²) in [6.07, 6.45) is 3.78. The Hall–Kier alpha value is 0.290. The fourth-order valence-corrected chi connectivity index (χ4v) is 1.81. The summed E-state index contributed by atoms with van der Waals surface area (Å²) < 4.78 is 0. The van der Waals surface area contributed by atoms with Gasteiger partial charge in [-0.25, -0.2) is 0 Å². The Kier molecular flexibility index (Phi) is 6.03. The third-order valence-electron chi connectivity index (χ3n) is 2.23. The molecule has 68 valence electrons. The molecule has 0 aromatic carbocycles. The highest BCUT2D eigenvalue weighted by Gasteiger charge is 2.09. The van der Waals surface area contributed by atoms with Crippen molar-refractivity contribution in [2.75, 3.05) is 0 Å². The normalized spacial score (nSPS) is 19.4. The molecule has 0 aliphatic rings. The van der Waals surface area contributed by atoms with Crippen molar-refractivity contribution < 1.29 is 0 Å². The van der Waals surface area contributed by atoms with Gasteiger partial charge in [0.2, 0.25) is 0 Å². The quantitative estimate of drug-likeness (QED) is 0.554. The van der Waals surface area contributed by atoms with Crippen LogP contribution in [0, 0.1) is 11.8 Å². The lowest BCUT2D eigenvalue weighted by molar-refractivity contribution is 0.386. The summed E-state index contributed by atoms with van der Waals surface area (Å²) >= 11 is 5.90. The Balaban J connectivity index is 3.43. The number of hydrogen-bond acceptors (Lipinski definition) is 0. The van der Waals surface area contributed by atoms with Crippen LogP contribution in [0.25, 0.3) is 0 Å². The van der Waals surface area contributed by atoms with E-state index in [4.69, 9.17) is 11.6 Å². The summed E-state index contributed by atoms with van der Waals surface area (Å²) in [5.41, 5.74) is 0. The Bertz CT molecular complexity index is 88.9. The van der Waals surface area contributed by atoms with Crippen molar-refractivity contribution in [2.24, 2.45) is 11.8 Å². The van der Waals surface area contributed by atoms with Crippen LogP contribution in [0.5, 0.6) is 0 Å². The molecule has 0 aliphatic carbocycles. The molecule has 0 spiro atoms. The van der Waals surface area contributed by atoms with Crippen molar-refractivity contribution in [1.29, 1.82) is 0 Å². The maximum absolute atomic E-state index is 5.90. The van der Waals surface area contributed by atoms with Crippen LogP contribution in [-0.4, -0.2) is 5.38 Å². The van der Waals surface area contributed by atoms with Gasteiger partial charge in [-0.05, 0) is 31.6 Å². The van der Waals surface area contributed by atoms with Gasteiger partial charge in [-0.2, -0.15) is 0 Å². The zero-order valence-corrected chi connectivity index (χ0v) is 8.99. The van der Waals surface area contributed by atoms with E-state index in [-0.39, 0.29) is 0 Å². The molecule has 0 bridgehead atoms. The minimum absolute atomic E-state index is 0.342. The highest BCUT2D eigenvalue weighted by Crippen LogP contribution is 2.20. The molecule has 0 saturated heterocycles. The number of halogens is 1. The van der Waals surface area contributed by atoms with E-state index in [2.05, 4.69) is 27.7 Å². The largest absolute Gasteiger partial charge is 0.123 e. The van der Waals surface area contributed by atoms with Crippen LogP contribution in [0.3, 0.4) is 0 Å². The molecule has 0 radical (unpaired) electrons. The average molecular weight is 177 g/mol. The molecule has 3 atom stereocenters. The fraction of sp³-hybridized carbons (Fsp3) is 1.00. The number of alkyl halides is 1. The van der Waals surface area contributed by atoms with Gasteiger partial charge in [0, 0.05) is 5.38 Å². The maximum atomic E-state index is 5.90. The van der Waals surface area contributed by atoms with Crippen LogP contribution < -0.4 is 0 Å². The molecule has 0 rings (SSSR count). The highest BCUT2D eigenvalue weighted by molar-refractivity contribution is 6.20. The van der Waals surface area contributed by atoms with Crippen molar-refractivity contribution in [1.82, 2.24) is 0 Å². The van der Waals surface area contributed by atoms with E-state index in [1.165, 1.54) is 12.8 Å². The molecule has 1 heteroatoms. The zero-order chi connectivity index (χ0) is 8.85. The standard InChI is InChI=1S/C10H21Cl/c1-5-8(2)6-9(3)7-10(4)11/h8-10H,5-7H2,1-4H3. The minimum Gasteiger partial charge on any atom is -0.123 e. The molecule has 0 nitrogen and oxygen atoms in total. The third-order valence-corrected chi connectivity index (χ3v) is 2.41. The smallest absolute Gasteiger partial charge is 0.0310 e. The topological polar surface area (TPSA) is 0 Å². The van der Waals surface area contributed by atoms with E-state index in [0.717, 1.165) is 18.3 Å². The summed E-state index contributed by atoms with van der Waals surface area (Å²) in [6.45, 7) is 8.94. The summed E-state index contributed by atoms with van der Waals surface area (Å²) in [6, 6.07) is 0. The lowest BCUT2D eigenvalue weighted by Gasteiger charge is -2.16.